The largest absolute Gasteiger partial charge is 0.356 e. The van der Waals surface area contributed by atoms with Crippen LogP contribution in [0.5, 0.6) is 0 Å². The number of amides is 1. The number of benzene rings is 2. The fraction of sp³-hybridized carbons (Fsp3) is 0.417. The molecule has 1 aliphatic carbocycles. The van der Waals surface area contributed by atoms with Gasteiger partial charge >= 0.3 is 0 Å². The van der Waals surface area contributed by atoms with Crippen molar-refractivity contribution in [3.8, 4) is 0 Å². The molecule has 0 aliphatic heterocycles. The van der Waals surface area contributed by atoms with Gasteiger partial charge in [0.15, 0.2) is 5.96 Å². The van der Waals surface area contributed by atoms with Crippen LogP contribution in [0.4, 0.5) is 0 Å². The Bertz CT molecular complexity index is 832. The third kappa shape index (κ3) is 6.20. The van der Waals surface area contributed by atoms with Gasteiger partial charge in [0.05, 0.1) is 0 Å². The van der Waals surface area contributed by atoms with Crippen LogP contribution in [0.25, 0.3) is 0 Å². The van der Waals surface area contributed by atoms with Crippen molar-refractivity contribution >= 4 is 35.8 Å². The van der Waals surface area contributed by atoms with Crippen molar-refractivity contribution in [2.24, 2.45) is 4.99 Å². The Morgan fingerprint density at radius 2 is 1.73 bits per heavy atom. The minimum atomic E-state index is -0.0390. The summed E-state index contributed by atoms with van der Waals surface area (Å²) < 4.78 is 0. The second-order valence-corrected chi connectivity index (χ2v) is 7.69. The normalized spacial score (nSPS) is 15.2. The lowest BCUT2D eigenvalue weighted by atomic mass is 9.79. The molecule has 0 atom stereocenters. The second kappa shape index (κ2) is 11.9. The van der Waals surface area contributed by atoms with E-state index >= 15 is 0 Å². The van der Waals surface area contributed by atoms with Crippen LogP contribution < -0.4 is 16.0 Å². The van der Waals surface area contributed by atoms with Gasteiger partial charge in [-0.05, 0) is 43.0 Å². The van der Waals surface area contributed by atoms with Crippen molar-refractivity contribution in [1.82, 2.24) is 16.0 Å². The zero-order valence-corrected chi connectivity index (χ0v) is 20.2. The van der Waals surface area contributed by atoms with E-state index in [9.17, 15) is 4.79 Å². The number of rotatable bonds is 7. The first kappa shape index (κ1) is 24.2. The summed E-state index contributed by atoms with van der Waals surface area (Å²) >= 11 is 0. The van der Waals surface area contributed by atoms with Gasteiger partial charge in [0.1, 0.15) is 0 Å². The molecule has 1 aliphatic rings. The second-order valence-electron chi connectivity index (χ2n) is 7.69. The molecule has 30 heavy (non-hydrogen) atoms. The van der Waals surface area contributed by atoms with Crippen molar-refractivity contribution in [1.29, 1.82) is 0 Å². The minimum absolute atomic E-state index is 0. The smallest absolute Gasteiger partial charge is 0.251 e. The van der Waals surface area contributed by atoms with Crippen LogP contribution in [-0.4, -0.2) is 32.0 Å². The van der Waals surface area contributed by atoms with Crippen LogP contribution in [0.2, 0.25) is 0 Å². The number of hydrogen-bond acceptors (Lipinski definition) is 2. The summed E-state index contributed by atoms with van der Waals surface area (Å²) in [4.78, 5) is 16.4. The lowest BCUT2D eigenvalue weighted by Gasteiger charge is -2.30. The minimum Gasteiger partial charge on any atom is -0.356 e. The Morgan fingerprint density at radius 3 is 2.40 bits per heavy atom. The monoisotopic (exact) mass is 520 g/mol. The molecule has 2 aromatic rings. The zero-order chi connectivity index (χ0) is 20.5. The summed E-state index contributed by atoms with van der Waals surface area (Å²) in [5.74, 6) is 0.749. The number of nitrogens with zero attached hydrogens (tertiary/aromatic N) is 1. The molecule has 162 valence electrons. The topological polar surface area (TPSA) is 65.5 Å². The molecule has 6 heteroatoms. The number of halogens is 1. The van der Waals surface area contributed by atoms with Crippen LogP contribution in [0.1, 0.15) is 54.1 Å². The van der Waals surface area contributed by atoms with E-state index in [1.54, 1.807) is 7.05 Å². The van der Waals surface area contributed by atoms with Gasteiger partial charge in [0.25, 0.3) is 5.91 Å². The fourth-order valence-electron chi connectivity index (χ4n) is 4.16. The van der Waals surface area contributed by atoms with Gasteiger partial charge in [0.2, 0.25) is 0 Å². The summed E-state index contributed by atoms with van der Waals surface area (Å²) in [6.45, 7) is 4.04. The van der Waals surface area contributed by atoms with Crippen molar-refractivity contribution in [3.05, 3.63) is 71.3 Å². The Hall–Kier alpha value is -2.09. The lowest BCUT2D eigenvalue weighted by molar-refractivity contribution is 0.0955. The molecule has 1 amide bonds. The lowest BCUT2D eigenvalue weighted by Crippen LogP contribution is -2.44. The van der Waals surface area contributed by atoms with Gasteiger partial charge < -0.3 is 16.0 Å². The first-order valence-electron chi connectivity index (χ1n) is 10.5. The number of aliphatic imine (C=N–C) groups is 1. The third-order valence-electron chi connectivity index (χ3n) is 5.75. The van der Waals surface area contributed by atoms with Crippen molar-refractivity contribution in [3.63, 3.8) is 0 Å². The van der Waals surface area contributed by atoms with Crippen LogP contribution in [0, 0.1) is 0 Å². The summed E-state index contributed by atoms with van der Waals surface area (Å²) in [6.07, 6.45) is 4.95. The van der Waals surface area contributed by atoms with Gasteiger partial charge in [-0.3, -0.25) is 9.79 Å². The number of carbonyl (C=O) groups is 1. The third-order valence-corrected chi connectivity index (χ3v) is 5.75. The molecule has 1 saturated carbocycles. The van der Waals surface area contributed by atoms with Crippen molar-refractivity contribution < 1.29 is 4.79 Å². The van der Waals surface area contributed by atoms with Gasteiger partial charge in [0, 0.05) is 37.7 Å². The predicted octanol–water partition coefficient (Wildman–Crippen LogP) is 4.23. The Kier molecular flexibility index (Phi) is 9.62. The van der Waals surface area contributed by atoms with Crippen molar-refractivity contribution in [2.75, 3.05) is 20.1 Å². The number of nitrogens with one attached hydrogen (secondary N) is 3. The molecule has 0 unspecified atom stereocenters. The highest BCUT2D eigenvalue weighted by Gasteiger charge is 2.35. The van der Waals surface area contributed by atoms with E-state index in [4.69, 9.17) is 0 Å². The maximum atomic E-state index is 12.0. The van der Waals surface area contributed by atoms with E-state index < -0.39 is 0 Å². The van der Waals surface area contributed by atoms with E-state index in [1.165, 1.54) is 31.2 Å². The molecule has 0 radical (unpaired) electrons. The molecule has 3 rings (SSSR count). The number of carbonyl (C=O) groups excluding carboxylic acids is 1. The number of guanidine groups is 1. The maximum absolute atomic E-state index is 12.0. The molecule has 0 saturated heterocycles. The Morgan fingerprint density at radius 1 is 1.00 bits per heavy atom. The van der Waals surface area contributed by atoms with Crippen molar-refractivity contribution in [2.45, 2.75) is 44.6 Å². The van der Waals surface area contributed by atoms with Gasteiger partial charge in [-0.2, -0.15) is 0 Å². The molecular formula is C24H33IN4O. The van der Waals surface area contributed by atoms with E-state index in [1.807, 2.05) is 31.2 Å². The van der Waals surface area contributed by atoms with E-state index in [2.05, 4.69) is 51.3 Å². The summed E-state index contributed by atoms with van der Waals surface area (Å²) in [6, 6.07) is 18.5. The average Bonchev–Trinajstić information content (AvgIpc) is 3.25. The van der Waals surface area contributed by atoms with E-state index in [0.717, 1.165) is 18.1 Å². The molecule has 5 nitrogen and oxygen atoms in total. The molecule has 0 bridgehead atoms. The highest BCUT2D eigenvalue weighted by Crippen LogP contribution is 2.40. The Balaban J connectivity index is 0.00000320. The average molecular weight is 520 g/mol. The standard InChI is InChI=1S/C24H32N4O.HI/c1-3-26-22(29)20-11-9-10-19(16-20)17-27-23(25-2)28-18-24(14-7-8-15-24)21-12-5-4-6-13-21;/h4-6,9-13,16H,3,7-8,14-15,17-18H2,1-2H3,(H,26,29)(H2,25,27,28);1H. The maximum Gasteiger partial charge on any atom is 0.251 e. The Labute approximate surface area is 197 Å². The number of hydrogen-bond donors (Lipinski definition) is 3. The van der Waals surface area contributed by atoms with E-state index in [-0.39, 0.29) is 35.3 Å². The molecule has 0 spiro atoms. The first-order valence-corrected chi connectivity index (χ1v) is 10.5. The highest BCUT2D eigenvalue weighted by atomic mass is 127. The van der Waals surface area contributed by atoms with E-state index in [0.29, 0.717) is 18.7 Å². The van der Waals surface area contributed by atoms with Gasteiger partial charge in [-0.15, -0.1) is 24.0 Å². The first-order chi connectivity index (χ1) is 14.2. The summed E-state index contributed by atoms with van der Waals surface area (Å²) in [5, 5.41) is 9.76. The van der Waals surface area contributed by atoms with Crippen LogP contribution in [-0.2, 0) is 12.0 Å². The molecule has 1 fully saturated rings. The van der Waals surface area contributed by atoms with Gasteiger partial charge in [-0.25, -0.2) is 0 Å². The highest BCUT2D eigenvalue weighted by molar-refractivity contribution is 14.0. The van der Waals surface area contributed by atoms with Crippen LogP contribution in [0.15, 0.2) is 59.6 Å². The molecule has 0 heterocycles. The molecule has 3 N–H and O–H groups in total. The zero-order valence-electron chi connectivity index (χ0n) is 17.9. The molecular weight excluding hydrogens is 487 g/mol. The quantitative estimate of drug-likeness (QED) is 0.291. The summed E-state index contributed by atoms with van der Waals surface area (Å²) in [7, 11) is 1.80. The predicted molar refractivity (Wildman–Crippen MR) is 135 cm³/mol. The van der Waals surface area contributed by atoms with Crippen LogP contribution >= 0.6 is 24.0 Å². The van der Waals surface area contributed by atoms with Crippen LogP contribution in [0.3, 0.4) is 0 Å². The fourth-order valence-corrected chi connectivity index (χ4v) is 4.16. The van der Waals surface area contributed by atoms with Gasteiger partial charge in [-0.1, -0.05) is 55.3 Å². The molecule has 0 aromatic heterocycles. The SMILES string of the molecule is CCNC(=O)c1cccc(CNC(=NC)NCC2(c3ccccc3)CCCC2)c1.I. The molecule has 2 aromatic carbocycles. The summed E-state index contributed by atoms with van der Waals surface area (Å²) in [5.41, 5.74) is 3.32.